The Morgan fingerprint density at radius 1 is 0.733 bits per heavy atom. The van der Waals surface area contributed by atoms with E-state index in [1.807, 2.05) is 12.1 Å². The van der Waals surface area contributed by atoms with Crippen LogP contribution in [0.3, 0.4) is 0 Å². The minimum absolute atomic E-state index is 0.0130. The number of anilines is 2. The number of thiocarbonyl (C=S) groups is 1. The molecule has 6 heteroatoms. The van der Waals surface area contributed by atoms with Crippen LogP contribution in [0.15, 0.2) is 90.5 Å². The molecule has 4 rings (SSSR count). The van der Waals surface area contributed by atoms with Crippen LogP contribution in [0.1, 0.15) is 11.1 Å². The van der Waals surface area contributed by atoms with Crippen molar-refractivity contribution in [3.63, 3.8) is 0 Å². The van der Waals surface area contributed by atoms with Crippen molar-refractivity contribution in [3.05, 3.63) is 102 Å². The third-order valence-electron chi connectivity index (χ3n) is 4.63. The summed E-state index contributed by atoms with van der Waals surface area (Å²) in [6.45, 7) is 0. The number of para-hydroxylation sites is 2. The van der Waals surface area contributed by atoms with E-state index in [1.165, 1.54) is 15.9 Å². The Bertz CT molecular complexity index is 1130. The van der Waals surface area contributed by atoms with Crippen molar-refractivity contribution in [1.29, 1.82) is 5.26 Å². The van der Waals surface area contributed by atoms with Gasteiger partial charge in [-0.25, -0.2) is 0 Å². The lowest BCUT2D eigenvalue weighted by Gasteiger charge is -2.36. The quantitative estimate of drug-likeness (QED) is 0.367. The van der Waals surface area contributed by atoms with Gasteiger partial charge in [-0.05, 0) is 60.3 Å². The fourth-order valence-electron chi connectivity index (χ4n) is 3.16. The van der Waals surface area contributed by atoms with Crippen LogP contribution >= 0.6 is 12.2 Å². The van der Waals surface area contributed by atoms with Crippen LogP contribution in [-0.2, 0) is 9.59 Å². The molecule has 0 radical (unpaired) electrons. The van der Waals surface area contributed by atoms with E-state index in [0.717, 1.165) is 0 Å². The highest BCUT2D eigenvalue weighted by molar-refractivity contribution is 7.81. The lowest BCUT2D eigenvalue weighted by atomic mass is 10.0. The first-order valence-electron chi connectivity index (χ1n) is 9.15. The largest absolute Gasteiger partial charge is 0.270 e. The Hall–Kier alpha value is -4.08. The number of nitrogens with zero attached hydrogens (tertiary/aromatic N) is 3. The molecule has 0 aromatic heterocycles. The molecule has 0 aliphatic carbocycles. The summed E-state index contributed by atoms with van der Waals surface area (Å²) in [5.74, 6) is -0.986. The van der Waals surface area contributed by atoms with Gasteiger partial charge in [0.15, 0.2) is 5.11 Å². The number of rotatable bonds is 3. The van der Waals surface area contributed by atoms with Crippen molar-refractivity contribution in [2.45, 2.75) is 0 Å². The molecule has 0 saturated carbocycles. The SMILES string of the molecule is N#Cc1ccc(C=C2C(=O)N(c3ccccc3)C(=S)N(c3ccccc3)C2=O)cc1. The number of hydrogen-bond donors (Lipinski definition) is 0. The van der Waals surface area contributed by atoms with Crippen molar-refractivity contribution < 1.29 is 9.59 Å². The molecule has 144 valence electrons. The summed E-state index contributed by atoms with van der Waals surface area (Å²) in [6.07, 6.45) is 1.53. The summed E-state index contributed by atoms with van der Waals surface area (Å²) in [6, 6.07) is 26.7. The number of nitriles is 1. The predicted octanol–water partition coefficient (Wildman–Crippen LogP) is 4.31. The van der Waals surface area contributed by atoms with E-state index in [0.29, 0.717) is 22.5 Å². The van der Waals surface area contributed by atoms with Crippen LogP contribution in [0, 0.1) is 11.3 Å². The molecule has 3 aromatic rings. The van der Waals surface area contributed by atoms with E-state index in [-0.39, 0.29) is 10.7 Å². The van der Waals surface area contributed by atoms with Crippen molar-refractivity contribution in [2.24, 2.45) is 0 Å². The molecule has 1 aliphatic rings. The molecule has 0 unspecified atom stereocenters. The van der Waals surface area contributed by atoms with Gasteiger partial charge in [0.2, 0.25) is 0 Å². The Morgan fingerprint density at radius 3 is 1.63 bits per heavy atom. The maximum Gasteiger partial charge on any atom is 0.270 e. The summed E-state index contributed by atoms with van der Waals surface area (Å²) in [5, 5.41) is 9.08. The molecular weight excluding hydrogens is 394 g/mol. The number of hydrogen-bond acceptors (Lipinski definition) is 4. The fourth-order valence-corrected chi connectivity index (χ4v) is 3.54. The maximum absolute atomic E-state index is 13.3. The molecule has 5 nitrogen and oxygen atoms in total. The van der Waals surface area contributed by atoms with Gasteiger partial charge in [0.1, 0.15) is 5.57 Å². The summed E-state index contributed by atoms with van der Waals surface area (Å²) >= 11 is 5.56. The zero-order valence-corrected chi connectivity index (χ0v) is 16.5. The Balaban J connectivity index is 1.85. The van der Waals surface area contributed by atoms with E-state index < -0.39 is 11.8 Å². The molecule has 2 amide bonds. The van der Waals surface area contributed by atoms with Crippen LogP contribution in [0.4, 0.5) is 11.4 Å². The second-order valence-electron chi connectivity index (χ2n) is 6.53. The van der Waals surface area contributed by atoms with Crippen molar-refractivity contribution in [2.75, 3.05) is 9.80 Å². The molecule has 0 spiro atoms. The maximum atomic E-state index is 13.3. The minimum Gasteiger partial charge on any atom is -0.268 e. The smallest absolute Gasteiger partial charge is 0.268 e. The van der Waals surface area contributed by atoms with Gasteiger partial charge in [-0.2, -0.15) is 5.26 Å². The van der Waals surface area contributed by atoms with E-state index in [9.17, 15) is 9.59 Å². The first-order chi connectivity index (χ1) is 14.6. The molecular formula is C24H15N3O2S. The predicted molar refractivity (Wildman–Crippen MR) is 120 cm³/mol. The summed E-state index contributed by atoms with van der Waals surface area (Å²) in [7, 11) is 0. The van der Waals surface area contributed by atoms with Gasteiger partial charge in [0, 0.05) is 0 Å². The van der Waals surface area contributed by atoms with Crippen molar-refractivity contribution >= 4 is 46.6 Å². The van der Waals surface area contributed by atoms with Crippen LogP contribution in [0.25, 0.3) is 6.08 Å². The van der Waals surface area contributed by atoms with E-state index >= 15 is 0 Å². The lowest BCUT2D eigenvalue weighted by molar-refractivity contribution is -0.120. The first-order valence-corrected chi connectivity index (χ1v) is 9.56. The van der Waals surface area contributed by atoms with Gasteiger partial charge < -0.3 is 0 Å². The zero-order chi connectivity index (χ0) is 21.1. The third-order valence-corrected chi connectivity index (χ3v) is 4.99. The van der Waals surface area contributed by atoms with E-state index in [2.05, 4.69) is 6.07 Å². The molecule has 0 bridgehead atoms. The van der Waals surface area contributed by atoms with Gasteiger partial charge in [-0.1, -0.05) is 48.5 Å². The second kappa shape index (κ2) is 8.11. The highest BCUT2D eigenvalue weighted by Gasteiger charge is 2.41. The van der Waals surface area contributed by atoms with Gasteiger partial charge >= 0.3 is 0 Å². The van der Waals surface area contributed by atoms with Gasteiger partial charge in [-0.15, -0.1) is 0 Å². The third kappa shape index (κ3) is 3.50. The Labute approximate surface area is 179 Å². The van der Waals surface area contributed by atoms with Gasteiger partial charge in [0.05, 0.1) is 23.0 Å². The molecule has 1 saturated heterocycles. The molecule has 0 N–H and O–H groups in total. The average molecular weight is 409 g/mol. The van der Waals surface area contributed by atoms with E-state index in [1.54, 1.807) is 72.8 Å². The van der Waals surface area contributed by atoms with Crippen LogP contribution in [0.5, 0.6) is 0 Å². The fraction of sp³-hybridized carbons (Fsp3) is 0. The Kier molecular flexibility index (Phi) is 5.21. The van der Waals surface area contributed by atoms with Crippen molar-refractivity contribution in [3.8, 4) is 6.07 Å². The summed E-state index contributed by atoms with van der Waals surface area (Å²) in [4.78, 5) is 29.4. The molecule has 30 heavy (non-hydrogen) atoms. The molecule has 1 aliphatic heterocycles. The summed E-state index contributed by atoms with van der Waals surface area (Å²) < 4.78 is 0. The molecule has 3 aromatic carbocycles. The minimum atomic E-state index is -0.493. The average Bonchev–Trinajstić information content (AvgIpc) is 2.79. The van der Waals surface area contributed by atoms with Crippen molar-refractivity contribution in [1.82, 2.24) is 0 Å². The molecule has 0 atom stereocenters. The molecule has 1 heterocycles. The summed E-state index contributed by atoms with van der Waals surface area (Å²) in [5.41, 5.74) is 2.27. The zero-order valence-electron chi connectivity index (χ0n) is 15.7. The molecule has 1 fully saturated rings. The first kappa shape index (κ1) is 19.2. The van der Waals surface area contributed by atoms with E-state index in [4.69, 9.17) is 17.5 Å². The normalized spacial score (nSPS) is 14.0. The number of amides is 2. The lowest BCUT2D eigenvalue weighted by Crippen LogP contribution is -2.56. The second-order valence-corrected chi connectivity index (χ2v) is 6.89. The topological polar surface area (TPSA) is 64.4 Å². The Morgan fingerprint density at radius 2 is 1.20 bits per heavy atom. The van der Waals surface area contributed by atoms with Crippen LogP contribution in [-0.4, -0.2) is 16.9 Å². The van der Waals surface area contributed by atoms with Gasteiger partial charge in [-0.3, -0.25) is 19.4 Å². The number of benzene rings is 3. The van der Waals surface area contributed by atoms with Crippen LogP contribution < -0.4 is 9.80 Å². The van der Waals surface area contributed by atoms with Crippen LogP contribution in [0.2, 0.25) is 0 Å². The highest BCUT2D eigenvalue weighted by Crippen LogP contribution is 2.29. The standard InChI is InChI=1S/C24H15N3O2S/c25-16-18-13-11-17(12-14-18)15-21-22(28)26(19-7-3-1-4-8-19)24(30)27(23(21)29)20-9-5-2-6-10-20/h1-15H. The number of carbonyl (C=O) groups is 2. The monoisotopic (exact) mass is 409 g/mol. The van der Waals surface area contributed by atoms with Gasteiger partial charge in [0.25, 0.3) is 11.8 Å². The highest BCUT2D eigenvalue weighted by atomic mass is 32.1. The number of carbonyl (C=O) groups excluding carboxylic acids is 2.